The minimum atomic E-state index is -1.21. The summed E-state index contributed by atoms with van der Waals surface area (Å²) in [6.45, 7) is 9.13. The number of hydrogen-bond acceptors (Lipinski definition) is 7. The molecule has 0 aromatic carbocycles. The van der Waals surface area contributed by atoms with Crippen molar-refractivity contribution < 1.29 is 28.9 Å². The van der Waals surface area contributed by atoms with Crippen LogP contribution in [0.3, 0.4) is 0 Å². The molecule has 2 amide bonds. The Morgan fingerprint density at radius 1 is 1.30 bits per heavy atom. The number of nitrogens with one attached hydrogen (secondary N) is 1. The lowest BCUT2D eigenvalue weighted by molar-refractivity contribution is -0.142. The van der Waals surface area contributed by atoms with Gasteiger partial charge in [0.2, 0.25) is 5.91 Å². The van der Waals surface area contributed by atoms with E-state index in [4.69, 9.17) is 14.2 Å². The summed E-state index contributed by atoms with van der Waals surface area (Å²) in [5, 5.41) is 15.7. The molecule has 4 saturated heterocycles. The molecule has 4 heterocycles. The maximum Gasteiger partial charge on any atom is 0.410 e. The summed E-state index contributed by atoms with van der Waals surface area (Å²) in [7, 11) is 1.70. The van der Waals surface area contributed by atoms with Gasteiger partial charge in [0.05, 0.1) is 41.9 Å². The fourth-order valence-electron chi connectivity index (χ4n) is 7.25. The van der Waals surface area contributed by atoms with Crippen LogP contribution in [0.5, 0.6) is 0 Å². The van der Waals surface area contributed by atoms with Crippen molar-refractivity contribution in [2.45, 2.75) is 107 Å². The van der Waals surface area contributed by atoms with Crippen molar-refractivity contribution in [3.8, 4) is 0 Å². The van der Waals surface area contributed by atoms with Crippen molar-refractivity contribution in [3.63, 3.8) is 0 Å². The lowest BCUT2D eigenvalue weighted by Gasteiger charge is -2.43. The van der Waals surface area contributed by atoms with Gasteiger partial charge in [0.15, 0.2) is 0 Å². The van der Waals surface area contributed by atoms with E-state index >= 15 is 0 Å². The van der Waals surface area contributed by atoms with Gasteiger partial charge >= 0.3 is 6.09 Å². The monoisotopic (exact) mass is 465 g/mol. The number of hydrogen-bond donors (Lipinski definition) is 2. The van der Waals surface area contributed by atoms with Gasteiger partial charge in [0, 0.05) is 32.3 Å². The summed E-state index contributed by atoms with van der Waals surface area (Å²) in [5.41, 5.74) is -2.61. The van der Waals surface area contributed by atoms with E-state index in [1.54, 1.807) is 12.0 Å². The number of carbonyl (C=O) groups excluding carboxylic acids is 2. The summed E-state index contributed by atoms with van der Waals surface area (Å²) in [4.78, 5) is 30.4. The second kappa shape index (κ2) is 7.80. The molecule has 9 heteroatoms. The minimum Gasteiger partial charge on any atom is -0.444 e. The Balaban J connectivity index is 1.33. The molecular weight excluding hydrogens is 426 g/mol. The fourth-order valence-corrected chi connectivity index (χ4v) is 7.25. The third-order valence-electron chi connectivity index (χ3n) is 8.77. The largest absolute Gasteiger partial charge is 0.444 e. The average molecular weight is 466 g/mol. The highest BCUT2D eigenvalue weighted by molar-refractivity contribution is 5.90. The van der Waals surface area contributed by atoms with Gasteiger partial charge in [-0.2, -0.15) is 0 Å². The predicted octanol–water partition coefficient (Wildman–Crippen LogP) is 1.27. The van der Waals surface area contributed by atoms with E-state index in [0.717, 1.165) is 12.8 Å². The molecule has 5 aliphatic rings. The zero-order valence-corrected chi connectivity index (χ0v) is 20.5. The van der Waals surface area contributed by atoms with E-state index in [-0.39, 0.29) is 48.3 Å². The maximum absolute atomic E-state index is 13.8. The number of ether oxygens (including phenoxy) is 3. The number of likely N-dealkylation sites (tertiary alicyclic amines) is 1. The van der Waals surface area contributed by atoms with Crippen LogP contribution in [0, 0.1) is 5.41 Å². The van der Waals surface area contributed by atoms with Crippen molar-refractivity contribution in [3.05, 3.63) is 0 Å². The summed E-state index contributed by atoms with van der Waals surface area (Å²) in [6.07, 6.45) is 3.31. The van der Waals surface area contributed by atoms with E-state index in [2.05, 4.69) is 5.32 Å². The first-order chi connectivity index (χ1) is 15.5. The van der Waals surface area contributed by atoms with Crippen LogP contribution in [-0.4, -0.2) is 101 Å². The van der Waals surface area contributed by atoms with Crippen molar-refractivity contribution >= 4 is 12.0 Å². The molecule has 5 rings (SSSR count). The van der Waals surface area contributed by atoms with Gasteiger partial charge in [0.1, 0.15) is 5.60 Å². The Hall–Kier alpha value is -1.42. The van der Waals surface area contributed by atoms with Gasteiger partial charge in [-0.05, 0) is 59.8 Å². The van der Waals surface area contributed by atoms with E-state index in [1.165, 1.54) is 0 Å². The second-order valence-corrected chi connectivity index (χ2v) is 11.8. The predicted molar refractivity (Wildman–Crippen MR) is 120 cm³/mol. The zero-order chi connectivity index (χ0) is 23.8. The Morgan fingerprint density at radius 2 is 2.06 bits per heavy atom. The molecule has 4 aliphatic heterocycles. The number of nitrogens with zero attached hydrogens (tertiary/aromatic N) is 2. The molecule has 2 bridgehead atoms. The van der Waals surface area contributed by atoms with Crippen LogP contribution in [0.1, 0.15) is 59.8 Å². The Morgan fingerprint density at radius 3 is 2.76 bits per heavy atom. The van der Waals surface area contributed by atoms with E-state index < -0.39 is 16.6 Å². The SMILES string of the molecule is CO[C@@H]1COCC[C@@H]1N[C@@H]1CC[C@@]2(C1)C(=O)N1C([C@@H]3C[C@H]1CN3C(=O)OC(C)(C)C)C2(C)O. The molecule has 33 heavy (non-hydrogen) atoms. The Labute approximate surface area is 196 Å². The van der Waals surface area contributed by atoms with Crippen LogP contribution in [-0.2, 0) is 19.0 Å². The number of amides is 2. The molecule has 2 unspecified atom stereocenters. The van der Waals surface area contributed by atoms with Crippen molar-refractivity contribution in [1.82, 2.24) is 15.1 Å². The number of rotatable bonds is 3. The standard InChI is InChI=1S/C24H39N3O6/c1-22(2,3)33-21(29)26-12-15-10-17(26)19-23(4,30)24(20(28)27(15)19)8-6-14(11-24)25-16-7-9-32-13-18(16)31-5/h14-19,25,30H,6-13H2,1-5H3/t14-,15+,16+,17+,18-,19?,23?,24-/m1/s1. The third kappa shape index (κ3) is 3.49. The van der Waals surface area contributed by atoms with Crippen LogP contribution in [0.15, 0.2) is 0 Å². The molecule has 0 aromatic rings. The first kappa shape index (κ1) is 23.3. The summed E-state index contributed by atoms with van der Waals surface area (Å²) >= 11 is 0. The molecule has 0 aromatic heterocycles. The minimum absolute atomic E-state index is 0.00329. The van der Waals surface area contributed by atoms with Crippen LogP contribution >= 0.6 is 0 Å². The zero-order valence-electron chi connectivity index (χ0n) is 20.5. The number of aliphatic hydroxyl groups is 1. The molecule has 9 nitrogen and oxygen atoms in total. The van der Waals surface area contributed by atoms with Gasteiger partial charge in [-0.1, -0.05) is 0 Å². The smallest absolute Gasteiger partial charge is 0.410 e. The van der Waals surface area contributed by atoms with Crippen LogP contribution in [0.25, 0.3) is 0 Å². The van der Waals surface area contributed by atoms with Gasteiger partial charge in [0.25, 0.3) is 0 Å². The van der Waals surface area contributed by atoms with E-state index in [1.807, 2.05) is 32.6 Å². The maximum atomic E-state index is 13.8. The molecule has 1 saturated carbocycles. The molecule has 1 spiro atoms. The quantitative estimate of drug-likeness (QED) is 0.647. The van der Waals surface area contributed by atoms with Gasteiger partial charge < -0.3 is 34.4 Å². The topological polar surface area (TPSA) is 101 Å². The molecule has 2 N–H and O–H groups in total. The van der Waals surface area contributed by atoms with Gasteiger partial charge in [-0.25, -0.2) is 4.79 Å². The molecule has 8 atom stereocenters. The van der Waals surface area contributed by atoms with Crippen molar-refractivity contribution in [1.29, 1.82) is 0 Å². The van der Waals surface area contributed by atoms with Crippen molar-refractivity contribution in [2.75, 3.05) is 26.9 Å². The first-order valence-electron chi connectivity index (χ1n) is 12.4. The highest BCUT2D eigenvalue weighted by Gasteiger charge is 2.74. The summed E-state index contributed by atoms with van der Waals surface area (Å²) in [6, 6.07) is -0.315. The number of fused-ring (bicyclic) bond motifs is 5. The number of piperazine rings is 1. The lowest BCUT2D eigenvalue weighted by Crippen LogP contribution is -2.60. The average Bonchev–Trinajstić information content (AvgIpc) is 3.48. The summed E-state index contributed by atoms with van der Waals surface area (Å²) in [5.74, 6) is 0.0633. The highest BCUT2D eigenvalue weighted by atomic mass is 16.6. The number of methoxy groups -OCH3 is 1. The highest BCUT2D eigenvalue weighted by Crippen LogP contribution is 2.60. The molecule has 186 valence electrons. The van der Waals surface area contributed by atoms with Crippen LogP contribution in [0.2, 0.25) is 0 Å². The van der Waals surface area contributed by atoms with Crippen LogP contribution in [0.4, 0.5) is 4.79 Å². The summed E-state index contributed by atoms with van der Waals surface area (Å²) < 4.78 is 16.8. The molecule has 1 aliphatic carbocycles. The van der Waals surface area contributed by atoms with E-state index in [9.17, 15) is 14.7 Å². The fraction of sp³-hybridized carbons (Fsp3) is 0.917. The molecule has 0 radical (unpaired) electrons. The third-order valence-corrected chi connectivity index (χ3v) is 8.77. The van der Waals surface area contributed by atoms with Crippen molar-refractivity contribution in [2.24, 2.45) is 5.41 Å². The van der Waals surface area contributed by atoms with E-state index in [0.29, 0.717) is 39.0 Å². The van der Waals surface area contributed by atoms with Gasteiger partial charge in [-0.3, -0.25) is 4.79 Å². The first-order valence-corrected chi connectivity index (χ1v) is 12.4. The lowest BCUT2D eigenvalue weighted by atomic mass is 9.69. The second-order valence-electron chi connectivity index (χ2n) is 11.8. The Bertz CT molecular complexity index is 813. The molecular formula is C24H39N3O6. The molecule has 5 fully saturated rings. The number of carbonyl (C=O) groups is 2. The normalized spacial score (nSPS) is 44.7. The van der Waals surface area contributed by atoms with Crippen LogP contribution < -0.4 is 5.32 Å². The van der Waals surface area contributed by atoms with Gasteiger partial charge in [-0.15, -0.1) is 0 Å². The Kier molecular flexibility index (Phi) is 5.51.